The van der Waals surface area contributed by atoms with Crippen LogP contribution in [0.3, 0.4) is 0 Å². The number of nitrogens with zero attached hydrogens (tertiary/aromatic N) is 5. The van der Waals surface area contributed by atoms with Gasteiger partial charge >= 0.3 is 0 Å². The number of likely N-dealkylation sites (tertiary alicyclic amines) is 1. The minimum atomic E-state index is 0.0867. The quantitative estimate of drug-likeness (QED) is 0.473. The second-order valence-electron chi connectivity index (χ2n) is 11.4. The van der Waals surface area contributed by atoms with Crippen LogP contribution in [-0.4, -0.2) is 72.2 Å². The van der Waals surface area contributed by atoms with Gasteiger partial charge in [-0.3, -0.25) is 9.69 Å². The predicted molar refractivity (Wildman–Crippen MR) is 148 cm³/mol. The van der Waals surface area contributed by atoms with Gasteiger partial charge in [0, 0.05) is 37.7 Å². The lowest BCUT2D eigenvalue weighted by Gasteiger charge is -2.39. The molecule has 3 heterocycles. The van der Waals surface area contributed by atoms with E-state index in [4.69, 9.17) is 9.26 Å². The molecule has 0 unspecified atom stereocenters. The minimum absolute atomic E-state index is 0.0867. The molecule has 2 fully saturated rings. The van der Waals surface area contributed by atoms with Crippen molar-refractivity contribution in [2.75, 3.05) is 51.3 Å². The highest BCUT2D eigenvalue weighted by molar-refractivity contribution is 5.79. The average Bonchev–Trinajstić information content (AvgIpc) is 3.41. The van der Waals surface area contributed by atoms with E-state index in [0.717, 1.165) is 69.1 Å². The first-order valence-corrected chi connectivity index (χ1v) is 13.6. The monoisotopic (exact) mass is 517 g/mol. The topological polar surface area (TPSA) is 74.9 Å². The number of methoxy groups -OCH3 is 1. The smallest absolute Gasteiger partial charge is 0.241 e. The van der Waals surface area contributed by atoms with Gasteiger partial charge < -0.3 is 19.1 Å². The number of hydrogen-bond donors (Lipinski definition) is 0. The highest BCUT2D eigenvalue weighted by atomic mass is 16.5. The molecule has 0 saturated carbocycles. The van der Waals surface area contributed by atoms with E-state index in [0.29, 0.717) is 24.2 Å². The average molecular weight is 518 g/mol. The molecule has 2 aromatic carbocycles. The summed E-state index contributed by atoms with van der Waals surface area (Å²) in [5, 5.41) is 4.20. The predicted octanol–water partition coefficient (Wildman–Crippen LogP) is 4.60. The van der Waals surface area contributed by atoms with Gasteiger partial charge in [-0.25, -0.2) is 0 Å². The second-order valence-corrected chi connectivity index (χ2v) is 11.4. The van der Waals surface area contributed by atoms with Gasteiger partial charge in [-0.2, -0.15) is 4.98 Å². The Bertz CT molecular complexity index is 1220. The van der Waals surface area contributed by atoms with Crippen LogP contribution in [0.2, 0.25) is 0 Å². The van der Waals surface area contributed by atoms with Gasteiger partial charge in [-0.05, 0) is 49.0 Å². The summed E-state index contributed by atoms with van der Waals surface area (Å²) in [7, 11) is 1.70. The lowest BCUT2D eigenvalue weighted by Crippen LogP contribution is -2.51. The van der Waals surface area contributed by atoms with Crippen molar-refractivity contribution in [1.29, 1.82) is 0 Å². The maximum atomic E-state index is 13.3. The fourth-order valence-corrected chi connectivity index (χ4v) is 5.40. The summed E-state index contributed by atoms with van der Waals surface area (Å²) in [5.41, 5.74) is 3.45. The molecule has 3 aromatic rings. The van der Waals surface area contributed by atoms with Crippen LogP contribution < -0.4 is 9.64 Å². The number of carbonyl (C=O) groups is 1. The van der Waals surface area contributed by atoms with E-state index in [1.807, 2.05) is 23.1 Å². The Morgan fingerprint density at radius 1 is 0.974 bits per heavy atom. The van der Waals surface area contributed by atoms with E-state index in [-0.39, 0.29) is 11.3 Å². The van der Waals surface area contributed by atoms with E-state index in [1.54, 1.807) is 7.11 Å². The van der Waals surface area contributed by atoms with Crippen molar-refractivity contribution in [3.05, 3.63) is 60.0 Å². The van der Waals surface area contributed by atoms with Gasteiger partial charge in [-0.1, -0.05) is 62.3 Å². The van der Waals surface area contributed by atoms with Crippen LogP contribution in [0.15, 0.2) is 53.1 Å². The van der Waals surface area contributed by atoms with Gasteiger partial charge in [0.25, 0.3) is 0 Å². The molecule has 0 N–H and O–H groups in total. The number of benzene rings is 2. The van der Waals surface area contributed by atoms with Crippen molar-refractivity contribution in [3.8, 4) is 17.1 Å². The zero-order valence-corrected chi connectivity index (χ0v) is 23.0. The number of piperidine rings is 1. The molecule has 0 spiro atoms. The van der Waals surface area contributed by atoms with E-state index in [2.05, 4.69) is 71.0 Å². The summed E-state index contributed by atoms with van der Waals surface area (Å²) in [6.45, 7) is 12.1. The number of amides is 1. The van der Waals surface area contributed by atoms with Gasteiger partial charge in [0.15, 0.2) is 0 Å². The third-order valence-electron chi connectivity index (χ3n) is 7.79. The normalized spacial score (nSPS) is 17.6. The third-order valence-corrected chi connectivity index (χ3v) is 7.79. The first kappa shape index (κ1) is 26.2. The molecule has 1 aromatic heterocycles. The summed E-state index contributed by atoms with van der Waals surface area (Å²) < 4.78 is 11.1. The van der Waals surface area contributed by atoms with Gasteiger partial charge in [0.2, 0.25) is 17.6 Å². The molecule has 202 valence electrons. The summed E-state index contributed by atoms with van der Waals surface area (Å²) in [5.74, 6) is 2.51. The molecule has 5 rings (SSSR count). The summed E-state index contributed by atoms with van der Waals surface area (Å²) in [6, 6.07) is 16.5. The Hall–Kier alpha value is -3.39. The van der Waals surface area contributed by atoms with Gasteiger partial charge in [0.1, 0.15) is 5.75 Å². The Balaban J connectivity index is 1.09. The Kier molecular flexibility index (Phi) is 7.70. The number of para-hydroxylation sites is 2. The van der Waals surface area contributed by atoms with Gasteiger partial charge in [-0.15, -0.1) is 0 Å². The zero-order chi connectivity index (χ0) is 26.7. The molecule has 0 radical (unpaired) electrons. The zero-order valence-electron chi connectivity index (χ0n) is 23.0. The van der Waals surface area contributed by atoms with Crippen molar-refractivity contribution in [2.24, 2.45) is 5.92 Å². The SMILES string of the molecule is COc1ccccc1N1CCN(C(=O)C2CCN(Cc3nc(-c4ccc(C(C)(C)C)cc4)no3)CC2)CC1. The number of ether oxygens (including phenoxy) is 1. The molecule has 2 saturated heterocycles. The largest absolute Gasteiger partial charge is 0.495 e. The van der Waals surface area contributed by atoms with Crippen molar-refractivity contribution in [3.63, 3.8) is 0 Å². The maximum absolute atomic E-state index is 13.3. The lowest BCUT2D eigenvalue weighted by atomic mass is 9.87. The first-order valence-electron chi connectivity index (χ1n) is 13.6. The molecule has 8 heteroatoms. The van der Waals surface area contributed by atoms with E-state index in [9.17, 15) is 4.79 Å². The molecule has 38 heavy (non-hydrogen) atoms. The highest BCUT2D eigenvalue weighted by Crippen LogP contribution is 2.29. The molecule has 2 aliphatic rings. The lowest BCUT2D eigenvalue weighted by molar-refractivity contribution is -0.137. The second kappa shape index (κ2) is 11.2. The fraction of sp³-hybridized carbons (Fsp3) is 0.500. The number of rotatable bonds is 6. The van der Waals surface area contributed by atoms with Gasteiger partial charge in [0.05, 0.1) is 19.3 Å². The van der Waals surface area contributed by atoms with Crippen LogP contribution in [0.1, 0.15) is 45.1 Å². The van der Waals surface area contributed by atoms with Crippen LogP contribution in [0.5, 0.6) is 5.75 Å². The summed E-state index contributed by atoms with van der Waals surface area (Å²) >= 11 is 0. The Morgan fingerprint density at radius 3 is 2.32 bits per heavy atom. The molecule has 0 atom stereocenters. The van der Waals surface area contributed by atoms with E-state index in [1.165, 1.54) is 5.56 Å². The Labute approximate surface area is 225 Å². The molecular weight excluding hydrogens is 478 g/mol. The number of carbonyl (C=O) groups excluding carboxylic acids is 1. The highest BCUT2D eigenvalue weighted by Gasteiger charge is 2.31. The van der Waals surface area contributed by atoms with Crippen LogP contribution in [0.25, 0.3) is 11.4 Å². The standard InChI is InChI=1S/C30H39N5O3/c1-30(2,3)24-11-9-22(10-12-24)28-31-27(38-32-28)21-33-15-13-23(14-16-33)29(36)35-19-17-34(18-20-35)25-7-5-6-8-26(25)37-4/h5-12,23H,13-21H2,1-4H3. The first-order chi connectivity index (χ1) is 18.3. The fourth-order valence-electron chi connectivity index (χ4n) is 5.40. The van der Waals surface area contributed by atoms with Crippen LogP contribution in [0, 0.1) is 5.92 Å². The van der Waals surface area contributed by atoms with Crippen molar-refractivity contribution >= 4 is 11.6 Å². The molecule has 2 aliphatic heterocycles. The van der Waals surface area contributed by atoms with Crippen LogP contribution in [0.4, 0.5) is 5.69 Å². The Morgan fingerprint density at radius 2 is 1.66 bits per heavy atom. The number of anilines is 1. The molecule has 0 bridgehead atoms. The number of piperazine rings is 1. The summed E-state index contributed by atoms with van der Waals surface area (Å²) in [6.07, 6.45) is 1.72. The molecule has 1 amide bonds. The number of hydrogen-bond acceptors (Lipinski definition) is 7. The van der Waals surface area contributed by atoms with E-state index < -0.39 is 0 Å². The molecule has 8 nitrogen and oxygen atoms in total. The number of aromatic nitrogens is 2. The third kappa shape index (κ3) is 5.85. The van der Waals surface area contributed by atoms with E-state index >= 15 is 0 Å². The van der Waals surface area contributed by atoms with Crippen molar-refractivity contribution < 1.29 is 14.1 Å². The summed E-state index contributed by atoms with van der Waals surface area (Å²) in [4.78, 5) is 24.5. The van der Waals surface area contributed by atoms with Crippen molar-refractivity contribution in [2.45, 2.75) is 45.6 Å². The molecular formula is C30H39N5O3. The van der Waals surface area contributed by atoms with Crippen LogP contribution in [-0.2, 0) is 16.8 Å². The van der Waals surface area contributed by atoms with Crippen LogP contribution >= 0.6 is 0 Å². The van der Waals surface area contributed by atoms with Crippen molar-refractivity contribution in [1.82, 2.24) is 19.9 Å². The maximum Gasteiger partial charge on any atom is 0.241 e. The molecule has 0 aliphatic carbocycles. The minimum Gasteiger partial charge on any atom is -0.495 e.